The zero-order valence-electron chi connectivity index (χ0n) is 12.9. The Morgan fingerprint density at radius 1 is 1.04 bits per heavy atom. The first-order valence-electron chi connectivity index (χ1n) is 7.89. The van der Waals surface area contributed by atoms with Crippen molar-refractivity contribution in [3.05, 3.63) is 65.7 Å². The number of hydrogen-bond acceptors (Lipinski definition) is 3. The van der Waals surface area contributed by atoms with Gasteiger partial charge in [-0.1, -0.05) is 48.5 Å². The molecule has 0 radical (unpaired) electrons. The van der Waals surface area contributed by atoms with Crippen molar-refractivity contribution in [3.8, 4) is 0 Å². The topological polar surface area (TPSA) is 60.8 Å². The van der Waals surface area contributed by atoms with E-state index in [0.29, 0.717) is 0 Å². The Balaban J connectivity index is 1.87. The Bertz CT molecular complexity index is 671. The molecule has 4 heteroatoms. The first-order valence-corrected chi connectivity index (χ1v) is 7.89. The highest BCUT2D eigenvalue weighted by atomic mass is 16.4. The van der Waals surface area contributed by atoms with Crippen LogP contribution in [-0.2, 0) is 11.2 Å². The average Bonchev–Trinajstić information content (AvgIpc) is 3.00. The maximum absolute atomic E-state index is 11.1. The number of carbonyl (C=O) groups is 1. The van der Waals surface area contributed by atoms with Gasteiger partial charge in [0, 0.05) is 37.2 Å². The van der Waals surface area contributed by atoms with Crippen molar-refractivity contribution in [2.24, 2.45) is 5.92 Å². The SMILES string of the molecule is O=C(O)Cc1ccccc1N1CC(CO)C(c2ccccc2)C1. The molecule has 0 amide bonds. The van der Waals surface area contributed by atoms with Crippen LogP contribution in [0, 0.1) is 5.92 Å². The van der Waals surface area contributed by atoms with Crippen molar-refractivity contribution in [1.82, 2.24) is 0 Å². The van der Waals surface area contributed by atoms with Gasteiger partial charge in [-0.25, -0.2) is 0 Å². The molecule has 23 heavy (non-hydrogen) atoms. The fourth-order valence-electron chi connectivity index (χ4n) is 3.46. The summed E-state index contributed by atoms with van der Waals surface area (Å²) in [4.78, 5) is 13.3. The lowest BCUT2D eigenvalue weighted by Gasteiger charge is -2.21. The van der Waals surface area contributed by atoms with E-state index in [9.17, 15) is 9.90 Å². The molecule has 0 bridgehead atoms. The van der Waals surface area contributed by atoms with Gasteiger partial charge in [-0.3, -0.25) is 4.79 Å². The van der Waals surface area contributed by atoms with Gasteiger partial charge in [0.05, 0.1) is 6.42 Å². The molecule has 2 aromatic carbocycles. The van der Waals surface area contributed by atoms with Gasteiger partial charge in [0.1, 0.15) is 0 Å². The fourth-order valence-corrected chi connectivity index (χ4v) is 3.46. The maximum atomic E-state index is 11.1. The molecule has 0 saturated carbocycles. The summed E-state index contributed by atoms with van der Waals surface area (Å²) in [5.74, 6) is -0.399. The van der Waals surface area contributed by atoms with Crippen LogP contribution in [0.1, 0.15) is 17.0 Å². The first kappa shape index (κ1) is 15.6. The fraction of sp³-hybridized carbons (Fsp3) is 0.316. The van der Waals surface area contributed by atoms with Crippen LogP contribution in [0.3, 0.4) is 0 Å². The van der Waals surface area contributed by atoms with E-state index in [2.05, 4.69) is 17.0 Å². The van der Waals surface area contributed by atoms with Gasteiger partial charge in [0.25, 0.3) is 0 Å². The second kappa shape index (κ2) is 6.84. The van der Waals surface area contributed by atoms with E-state index >= 15 is 0 Å². The molecule has 1 fully saturated rings. The van der Waals surface area contributed by atoms with Crippen LogP contribution in [-0.4, -0.2) is 35.9 Å². The van der Waals surface area contributed by atoms with Crippen molar-refractivity contribution in [2.75, 3.05) is 24.6 Å². The number of anilines is 1. The van der Waals surface area contributed by atoms with Crippen LogP contribution in [0.25, 0.3) is 0 Å². The van der Waals surface area contributed by atoms with Gasteiger partial charge in [-0.05, 0) is 17.2 Å². The summed E-state index contributed by atoms with van der Waals surface area (Å²) in [6.45, 7) is 1.68. The Hall–Kier alpha value is -2.33. The van der Waals surface area contributed by atoms with E-state index in [4.69, 9.17) is 5.11 Å². The second-order valence-corrected chi connectivity index (χ2v) is 6.06. The maximum Gasteiger partial charge on any atom is 0.307 e. The summed E-state index contributed by atoms with van der Waals surface area (Å²) >= 11 is 0. The van der Waals surface area contributed by atoms with Crippen molar-refractivity contribution in [3.63, 3.8) is 0 Å². The molecule has 120 valence electrons. The molecule has 1 aliphatic rings. The number of aliphatic hydroxyl groups excluding tert-OH is 1. The molecule has 1 heterocycles. The van der Waals surface area contributed by atoms with E-state index in [0.717, 1.165) is 24.3 Å². The summed E-state index contributed by atoms with van der Waals surface area (Å²) in [5.41, 5.74) is 3.02. The Morgan fingerprint density at radius 2 is 1.74 bits per heavy atom. The molecule has 0 spiro atoms. The number of rotatable bonds is 5. The number of benzene rings is 2. The molecule has 3 rings (SSSR count). The highest BCUT2D eigenvalue weighted by molar-refractivity contribution is 5.73. The summed E-state index contributed by atoms with van der Waals surface area (Å²) < 4.78 is 0. The largest absolute Gasteiger partial charge is 0.481 e. The zero-order valence-corrected chi connectivity index (χ0v) is 12.9. The molecular weight excluding hydrogens is 290 g/mol. The summed E-state index contributed by atoms with van der Waals surface area (Å²) in [7, 11) is 0. The molecule has 0 aliphatic carbocycles. The van der Waals surface area contributed by atoms with Crippen LogP contribution in [0.5, 0.6) is 0 Å². The van der Waals surface area contributed by atoms with Crippen LogP contribution in [0.4, 0.5) is 5.69 Å². The quantitative estimate of drug-likeness (QED) is 0.891. The Kier molecular flexibility index (Phi) is 4.63. The lowest BCUT2D eigenvalue weighted by molar-refractivity contribution is -0.136. The van der Waals surface area contributed by atoms with Gasteiger partial charge in [-0.15, -0.1) is 0 Å². The number of nitrogens with zero attached hydrogens (tertiary/aromatic N) is 1. The van der Waals surface area contributed by atoms with Gasteiger partial charge in [0.15, 0.2) is 0 Å². The highest BCUT2D eigenvalue weighted by Crippen LogP contribution is 2.36. The molecule has 2 aromatic rings. The van der Waals surface area contributed by atoms with Crippen molar-refractivity contribution in [1.29, 1.82) is 0 Å². The predicted octanol–water partition coefficient (Wildman–Crippen LogP) is 2.53. The van der Waals surface area contributed by atoms with Gasteiger partial charge >= 0.3 is 5.97 Å². The third-order valence-electron chi connectivity index (χ3n) is 4.58. The number of aliphatic hydroxyl groups is 1. The smallest absolute Gasteiger partial charge is 0.307 e. The standard InChI is InChI=1S/C19H21NO3/c21-13-16-11-20(12-17(16)14-6-2-1-3-7-14)18-9-5-4-8-15(18)10-19(22)23/h1-9,16-17,21H,10-13H2,(H,22,23). The minimum atomic E-state index is -0.824. The number of para-hydroxylation sites is 1. The molecule has 1 saturated heterocycles. The number of carboxylic acids is 1. The number of carboxylic acid groups (broad SMARTS) is 1. The van der Waals surface area contributed by atoms with Gasteiger partial charge < -0.3 is 15.1 Å². The second-order valence-electron chi connectivity index (χ2n) is 6.06. The molecule has 0 aromatic heterocycles. The first-order chi connectivity index (χ1) is 11.2. The van der Waals surface area contributed by atoms with E-state index in [-0.39, 0.29) is 24.9 Å². The van der Waals surface area contributed by atoms with Crippen molar-refractivity contribution >= 4 is 11.7 Å². The lowest BCUT2D eigenvalue weighted by atomic mass is 9.90. The Morgan fingerprint density at radius 3 is 2.43 bits per heavy atom. The molecule has 2 atom stereocenters. The summed E-state index contributed by atoms with van der Waals surface area (Å²) in [6.07, 6.45) is 0.0203. The molecular formula is C19H21NO3. The van der Waals surface area contributed by atoms with Crippen LogP contribution in [0.15, 0.2) is 54.6 Å². The highest BCUT2D eigenvalue weighted by Gasteiger charge is 2.34. The summed E-state index contributed by atoms with van der Waals surface area (Å²) in [6, 6.07) is 17.9. The molecule has 4 nitrogen and oxygen atoms in total. The minimum absolute atomic E-state index is 0.0203. The van der Waals surface area contributed by atoms with Crippen molar-refractivity contribution < 1.29 is 15.0 Å². The minimum Gasteiger partial charge on any atom is -0.481 e. The average molecular weight is 311 g/mol. The van der Waals surface area contributed by atoms with E-state index in [1.165, 1.54) is 5.56 Å². The molecule has 2 unspecified atom stereocenters. The number of aliphatic carboxylic acids is 1. The summed E-state index contributed by atoms with van der Waals surface area (Å²) in [5, 5.41) is 18.9. The predicted molar refractivity (Wildman–Crippen MR) is 89.8 cm³/mol. The van der Waals surface area contributed by atoms with Gasteiger partial charge in [0.2, 0.25) is 0 Å². The molecule has 1 aliphatic heterocycles. The van der Waals surface area contributed by atoms with Crippen molar-refractivity contribution in [2.45, 2.75) is 12.3 Å². The third kappa shape index (κ3) is 3.37. The van der Waals surface area contributed by atoms with E-state index in [1.54, 1.807) is 0 Å². The zero-order chi connectivity index (χ0) is 16.2. The normalized spacial score (nSPS) is 20.7. The Labute approximate surface area is 136 Å². The van der Waals surface area contributed by atoms with Crippen LogP contribution >= 0.6 is 0 Å². The van der Waals surface area contributed by atoms with Gasteiger partial charge in [-0.2, -0.15) is 0 Å². The lowest BCUT2D eigenvalue weighted by Crippen LogP contribution is -2.22. The van der Waals surface area contributed by atoms with E-state index in [1.807, 2.05) is 42.5 Å². The monoisotopic (exact) mass is 311 g/mol. The van der Waals surface area contributed by atoms with Crippen LogP contribution < -0.4 is 4.90 Å². The third-order valence-corrected chi connectivity index (χ3v) is 4.58. The van der Waals surface area contributed by atoms with Crippen LogP contribution in [0.2, 0.25) is 0 Å². The van der Waals surface area contributed by atoms with E-state index < -0.39 is 5.97 Å². The number of hydrogen-bond donors (Lipinski definition) is 2. The molecule has 2 N–H and O–H groups in total.